The second-order valence-corrected chi connectivity index (χ2v) is 28.0. The van der Waals surface area contributed by atoms with Crippen LogP contribution in [-0.2, 0) is 21.6 Å². The van der Waals surface area contributed by atoms with Gasteiger partial charge in [0.05, 0.1) is 0 Å². The lowest BCUT2D eigenvalue weighted by Gasteiger charge is -2.39. The molecule has 0 aliphatic rings. The number of hydrogen-bond acceptors (Lipinski definition) is 5. The van der Waals surface area contributed by atoms with Gasteiger partial charge in [0.15, 0.2) is 0 Å². The predicted molar refractivity (Wildman–Crippen MR) is 99.0 cm³/mol. The van der Waals surface area contributed by atoms with Gasteiger partial charge in [0.25, 0.3) is 5.97 Å². The highest BCUT2D eigenvalue weighted by Gasteiger charge is 2.44. The first-order valence-electron chi connectivity index (χ1n) is 6.53. The summed E-state index contributed by atoms with van der Waals surface area (Å²) in [7, 11) is -7.14. The molecular weight excluding hydrogens is 439 g/mol. The molecule has 0 atom stereocenters. The van der Waals surface area contributed by atoms with E-state index in [0.29, 0.717) is 0 Å². The minimum Gasteiger partial charge on any atom is -0.495 e. The van der Waals surface area contributed by atoms with Crippen molar-refractivity contribution in [2.24, 2.45) is 0 Å². The van der Waals surface area contributed by atoms with Gasteiger partial charge >= 0.3 is 25.7 Å². The van der Waals surface area contributed by atoms with Gasteiger partial charge in [-0.05, 0) is 52.4 Å². The molecule has 0 heterocycles. The predicted octanol–water partition coefficient (Wildman–Crippen LogP) is 3.84. The Morgan fingerprint density at radius 1 is 0.750 bits per heavy atom. The average Bonchev–Trinajstić information content (AvgIpc) is 1.86. The van der Waals surface area contributed by atoms with Gasteiger partial charge in [0.2, 0.25) is 5.81 Å². The van der Waals surface area contributed by atoms with Crippen LogP contribution in [0.15, 0.2) is 0 Å². The van der Waals surface area contributed by atoms with Gasteiger partial charge in [0.1, 0.15) is 0 Å². The molecule has 0 aromatic rings. The average molecular weight is 467 g/mol. The van der Waals surface area contributed by atoms with Gasteiger partial charge in [-0.1, -0.05) is 21.8 Å². The molecule has 0 amide bonds. The first-order valence-corrected chi connectivity index (χ1v) is 21.0. The quantitative estimate of drug-likeness (QED) is 0.324. The van der Waals surface area contributed by atoms with E-state index in [9.17, 15) is 4.79 Å². The molecule has 0 aromatic heterocycles. The van der Waals surface area contributed by atoms with Crippen molar-refractivity contribution in [3.63, 3.8) is 0 Å². The number of halogens is 1. The molecular formula is C10H27IO5Si4. The van der Waals surface area contributed by atoms with Gasteiger partial charge in [-0.3, -0.25) is 4.79 Å². The van der Waals surface area contributed by atoms with Crippen molar-refractivity contribution in [3.8, 4) is 0 Å². The molecule has 0 saturated heterocycles. The van der Waals surface area contributed by atoms with Crippen LogP contribution in [-0.4, -0.2) is 37.5 Å². The third-order valence-electron chi connectivity index (χ3n) is 1.86. The normalized spacial score (nSPS) is 14.3. The standard InChI is InChI=1S/C10H27IO5Si4/c1-10(12)13-18(4,5)15-20(8,9)16-19(6,7)14-17(2,3)11/h1-9H3. The third kappa shape index (κ3) is 10.6. The number of carbonyl (C=O) groups is 1. The largest absolute Gasteiger partial charge is 0.495 e. The van der Waals surface area contributed by atoms with Crippen molar-refractivity contribution in [2.45, 2.75) is 59.3 Å². The molecule has 120 valence electrons. The lowest BCUT2D eigenvalue weighted by molar-refractivity contribution is -0.133. The molecule has 0 unspecified atom stereocenters. The zero-order chi connectivity index (χ0) is 16.4. The Hall–Kier alpha value is 0.948. The van der Waals surface area contributed by atoms with E-state index in [1.54, 1.807) is 0 Å². The van der Waals surface area contributed by atoms with Crippen molar-refractivity contribution in [3.05, 3.63) is 0 Å². The Labute approximate surface area is 139 Å². The molecule has 5 nitrogen and oxygen atoms in total. The fourth-order valence-corrected chi connectivity index (χ4v) is 23.0. The molecule has 0 spiro atoms. The summed E-state index contributed by atoms with van der Waals surface area (Å²) in [5.74, 6) is -1.98. The van der Waals surface area contributed by atoms with E-state index in [0.717, 1.165) is 0 Å². The molecule has 20 heavy (non-hydrogen) atoms. The van der Waals surface area contributed by atoms with Crippen LogP contribution >= 0.6 is 21.8 Å². The van der Waals surface area contributed by atoms with Gasteiger partial charge < -0.3 is 16.8 Å². The van der Waals surface area contributed by atoms with E-state index in [-0.39, 0.29) is 5.97 Å². The summed E-state index contributed by atoms with van der Waals surface area (Å²) in [5.41, 5.74) is 0. The van der Waals surface area contributed by atoms with Crippen LogP contribution in [0, 0.1) is 0 Å². The zero-order valence-corrected chi connectivity index (χ0v) is 20.1. The summed E-state index contributed by atoms with van der Waals surface area (Å²) >= 11 is 2.38. The SMILES string of the molecule is CC(=O)O[Si](C)(C)O[Si](C)(C)O[Si](C)(C)O[Si](C)(C)I. The maximum Gasteiger partial charge on any atom is 0.386 e. The van der Waals surface area contributed by atoms with Crippen molar-refractivity contribution >= 4 is 59.3 Å². The summed E-state index contributed by atoms with van der Waals surface area (Å²) in [4.78, 5) is 11.1. The fourth-order valence-electron chi connectivity index (χ4n) is 2.18. The molecule has 0 rings (SSSR count). The van der Waals surface area contributed by atoms with E-state index in [4.69, 9.17) is 16.8 Å². The number of rotatable bonds is 7. The van der Waals surface area contributed by atoms with Gasteiger partial charge in [0, 0.05) is 6.92 Å². The van der Waals surface area contributed by atoms with Gasteiger partial charge in [-0.25, -0.2) is 0 Å². The fraction of sp³-hybridized carbons (Fsp3) is 0.900. The summed E-state index contributed by atoms with van der Waals surface area (Å²) in [6.45, 7) is 17.4. The molecule has 0 radical (unpaired) electrons. The summed E-state index contributed by atoms with van der Waals surface area (Å²) in [5, 5.41) is 0. The Morgan fingerprint density at radius 3 is 1.45 bits per heavy atom. The maximum absolute atomic E-state index is 11.1. The highest BCUT2D eigenvalue weighted by atomic mass is 127. The van der Waals surface area contributed by atoms with Crippen LogP contribution in [0.2, 0.25) is 52.4 Å². The van der Waals surface area contributed by atoms with Crippen LogP contribution in [0.5, 0.6) is 0 Å². The highest BCUT2D eigenvalue weighted by Crippen LogP contribution is 2.26. The van der Waals surface area contributed by atoms with Gasteiger partial charge in [-0.15, -0.1) is 0 Å². The zero-order valence-electron chi connectivity index (χ0n) is 13.9. The molecule has 0 fully saturated rings. The molecule has 0 aliphatic heterocycles. The minimum atomic E-state index is -2.50. The van der Waals surface area contributed by atoms with Crippen LogP contribution in [0.4, 0.5) is 0 Å². The Kier molecular flexibility index (Phi) is 7.35. The lowest BCUT2D eigenvalue weighted by atomic mass is 10.9. The van der Waals surface area contributed by atoms with Crippen molar-refractivity contribution in [1.29, 1.82) is 0 Å². The smallest absolute Gasteiger partial charge is 0.386 e. The Bertz CT molecular complexity index is 354. The van der Waals surface area contributed by atoms with E-state index in [1.807, 2.05) is 39.3 Å². The Morgan fingerprint density at radius 2 is 1.10 bits per heavy atom. The van der Waals surface area contributed by atoms with Gasteiger partial charge in [-0.2, -0.15) is 0 Å². The highest BCUT2D eigenvalue weighted by molar-refractivity contribution is 14.1. The number of carbonyl (C=O) groups excluding carboxylic acids is 1. The second kappa shape index (κ2) is 7.02. The Balaban J connectivity index is 4.77. The van der Waals surface area contributed by atoms with Crippen LogP contribution in [0.1, 0.15) is 6.92 Å². The minimum absolute atomic E-state index is 0.306. The lowest BCUT2D eigenvalue weighted by Crippen LogP contribution is -2.56. The summed E-state index contributed by atoms with van der Waals surface area (Å²) in [6, 6.07) is 0. The first-order chi connectivity index (χ1) is 8.54. The van der Waals surface area contributed by atoms with E-state index in [2.05, 4.69) is 34.9 Å². The molecule has 0 N–H and O–H groups in total. The van der Waals surface area contributed by atoms with E-state index >= 15 is 0 Å². The summed E-state index contributed by atoms with van der Waals surface area (Å²) < 4.78 is 23.8. The van der Waals surface area contributed by atoms with Crippen molar-refractivity contribution in [1.82, 2.24) is 0 Å². The topological polar surface area (TPSA) is 54.0 Å². The number of hydrogen-bond donors (Lipinski definition) is 0. The third-order valence-corrected chi connectivity index (χ3v) is 16.4. The van der Waals surface area contributed by atoms with Crippen LogP contribution < -0.4 is 0 Å². The maximum atomic E-state index is 11.1. The molecule has 10 heteroatoms. The monoisotopic (exact) mass is 466 g/mol. The molecule has 0 bridgehead atoms. The molecule has 0 saturated carbocycles. The first kappa shape index (κ1) is 20.9. The molecule has 0 aliphatic carbocycles. The summed E-state index contributed by atoms with van der Waals surface area (Å²) in [6.07, 6.45) is 0. The van der Waals surface area contributed by atoms with Crippen molar-refractivity contribution in [2.75, 3.05) is 0 Å². The van der Waals surface area contributed by atoms with Crippen LogP contribution in [0.25, 0.3) is 0 Å². The molecule has 0 aromatic carbocycles. The van der Waals surface area contributed by atoms with E-state index < -0.39 is 31.5 Å². The second-order valence-electron chi connectivity index (χ2n) is 6.46. The van der Waals surface area contributed by atoms with Crippen molar-refractivity contribution < 1.29 is 21.6 Å². The van der Waals surface area contributed by atoms with E-state index in [1.165, 1.54) is 6.92 Å². The van der Waals surface area contributed by atoms with Crippen LogP contribution in [0.3, 0.4) is 0 Å².